The lowest BCUT2D eigenvalue weighted by Crippen LogP contribution is -1.93. The van der Waals surface area contributed by atoms with Crippen molar-refractivity contribution in [3.05, 3.63) is 158 Å². The molecule has 9 aromatic rings. The Morgan fingerprint density at radius 3 is 1.60 bits per heavy atom. The second-order valence-corrected chi connectivity index (χ2v) is 11.3. The molecule has 1 nitrogen and oxygen atoms in total. The quantitative estimate of drug-likeness (QED) is 0.201. The predicted molar refractivity (Wildman–Crippen MR) is 183 cm³/mol. The van der Waals surface area contributed by atoms with E-state index in [0.717, 1.165) is 21.9 Å². The number of fused-ring (bicyclic) bond motifs is 6. The van der Waals surface area contributed by atoms with E-state index in [2.05, 4.69) is 152 Å². The SMILES string of the molecule is c1ccc(-c2cc3c(cc2-c2c4ccccc4c(-c4ccc5ccccc5c4)c4ccccc24)oc2ccccc23)cc1. The number of rotatable bonds is 3. The van der Waals surface area contributed by atoms with Gasteiger partial charge >= 0.3 is 0 Å². The Labute approximate surface area is 249 Å². The van der Waals surface area contributed by atoms with Gasteiger partial charge in [-0.3, -0.25) is 0 Å². The van der Waals surface area contributed by atoms with Gasteiger partial charge in [-0.1, -0.05) is 133 Å². The van der Waals surface area contributed by atoms with E-state index < -0.39 is 0 Å². The molecule has 0 saturated carbocycles. The molecular formula is C42H26O. The van der Waals surface area contributed by atoms with Gasteiger partial charge in [-0.25, -0.2) is 0 Å². The summed E-state index contributed by atoms with van der Waals surface area (Å²) in [7, 11) is 0. The molecule has 1 aromatic heterocycles. The van der Waals surface area contributed by atoms with Crippen LogP contribution in [0.15, 0.2) is 162 Å². The summed E-state index contributed by atoms with van der Waals surface area (Å²) in [5, 5.41) is 9.74. The number of benzene rings is 8. The lowest BCUT2D eigenvalue weighted by molar-refractivity contribution is 0.669. The zero-order chi connectivity index (χ0) is 28.3. The Balaban J connectivity index is 1.43. The third-order valence-electron chi connectivity index (χ3n) is 8.84. The third-order valence-corrected chi connectivity index (χ3v) is 8.84. The zero-order valence-corrected chi connectivity index (χ0v) is 23.4. The van der Waals surface area contributed by atoms with Crippen LogP contribution in [-0.4, -0.2) is 0 Å². The fraction of sp³-hybridized carbons (Fsp3) is 0. The van der Waals surface area contributed by atoms with Gasteiger partial charge in [-0.05, 0) is 90.0 Å². The molecule has 0 bridgehead atoms. The molecule has 0 aliphatic carbocycles. The van der Waals surface area contributed by atoms with Crippen LogP contribution in [-0.2, 0) is 0 Å². The maximum Gasteiger partial charge on any atom is 0.136 e. The smallest absolute Gasteiger partial charge is 0.136 e. The van der Waals surface area contributed by atoms with E-state index in [-0.39, 0.29) is 0 Å². The Bertz CT molecular complexity index is 2440. The molecule has 1 heterocycles. The molecule has 0 unspecified atom stereocenters. The predicted octanol–water partition coefficient (Wildman–Crippen LogP) is 12.0. The van der Waals surface area contributed by atoms with Crippen LogP contribution in [0.2, 0.25) is 0 Å². The lowest BCUT2D eigenvalue weighted by atomic mass is 9.83. The summed E-state index contributed by atoms with van der Waals surface area (Å²) < 4.78 is 6.46. The summed E-state index contributed by atoms with van der Waals surface area (Å²) in [6.07, 6.45) is 0. The first-order valence-corrected chi connectivity index (χ1v) is 14.8. The standard InChI is InChI=1S/C42H26O/c1-2-13-28(14-3-1)36-25-37-31-16-10-11-21-39(31)43-40(37)26-38(36)42-34-19-8-6-17-32(34)41(33-18-7-9-20-35(33)42)30-23-22-27-12-4-5-15-29(27)24-30/h1-26H. The molecule has 43 heavy (non-hydrogen) atoms. The molecule has 0 atom stereocenters. The highest BCUT2D eigenvalue weighted by Gasteiger charge is 2.21. The van der Waals surface area contributed by atoms with E-state index in [0.29, 0.717) is 0 Å². The van der Waals surface area contributed by atoms with Gasteiger partial charge < -0.3 is 4.42 Å². The zero-order valence-electron chi connectivity index (χ0n) is 23.4. The lowest BCUT2D eigenvalue weighted by Gasteiger charge is -2.20. The fourth-order valence-corrected chi connectivity index (χ4v) is 6.91. The van der Waals surface area contributed by atoms with Crippen LogP contribution in [0.1, 0.15) is 0 Å². The average Bonchev–Trinajstić information content (AvgIpc) is 3.44. The van der Waals surface area contributed by atoms with Gasteiger partial charge in [0.1, 0.15) is 11.2 Å². The van der Waals surface area contributed by atoms with Gasteiger partial charge in [0.2, 0.25) is 0 Å². The topological polar surface area (TPSA) is 13.1 Å². The molecule has 0 amide bonds. The van der Waals surface area contributed by atoms with Gasteiger partial charge in [0, 0.05) is 10.8 Å². The van der Waals surface area contributed by atoms with Crippen molar-refractivity contribution in [2.75, 3.05) is 0 Å². The molecule has 9 rings (SSSR count). The summed E-state index contributed by atoms with van der Waals surface area (Å²) in [5.41, 5.74) is 9.12. The maximum absolute atomic E-state index is 6.46. The summed E-state index contributed by atoms with van der Waals surface area (Å²) in [5.74, 6) is 0. The highest BCUT2D eigenvalue weighted by Crippen LogP contribution is 2.48. The fourth-order valence-electron chi connectivity index (χ4n) is 6.91. The number of hydrogen-bond donors (Lipinski definition) is 0. The van der Waals surface area contributed by atoms with Gasteiger partial charge in [0.25, 0.3) is 0 Å². The van der Waals surface area contributed by atoms with Crippen molar-refractivity contribution in [1.82, 2.24) is 0 Å². The van der Waals surface area contributed by atoms with E-state index in [1.165, 1.54) is 65.7 Å². The molecule has 0 aliphatic rings. The van der Waals surface area contributed by atoms with Crippen molar-refractivity contribution < 1.29 is 4.42 Å². The highest BCUT2D eigenvalue weighted by atomic mass is 16.3. The van der Waals surface area contributed by atoms with Gasteiger partial charge in [0.15, 0.2) is 0 Å². The first-order chi connectivity index (χ1) is 21.3. The molecule has 0 spiro atoms. The van der Waals surface area contributed by atoms with Crippen molar-refractivity contribution in [1.29, 1.82) is 0 Å². The largest absolute Gasteiger partial charge is 0.456 e. The molecule has 1 heteroatoms. The van der Waals surface area contributed by atoms with Crippen molar-refractivity contribution >= 4 is 54.3 Å². The molecule has 0 N–H and O–H groups in total. The van der Waals surface area contributed by atoms with Gasteiger partial charge in [0.05, 0.1) is 0 Å². The first-order valence-electron chi connectivity index (χ1n) is 14.8. The van der Waals surface area contributed by atoms with Crippen LogP contribution < -0.4 is 0 Å². The van der Waals surface area contributed by atoms with E-state index in [1.54, 1.807) is 0 Å². The maximum atomic E-state index is 6.46. The average molecular weight is 547 g/mol. The van der Waals surface area contributed by atoms with E-state index in [1.807, 2.05) is 6.07 Å². The van der Waals surface area contributed by atoms with Crippen LogP contribution in [0.5, 0.6) is 0 Å². The molecule has 0 radical (unpaired) electrons. The summed E-state index contributed by atoms with van der Waals surface area (Å²) in [6.45, 7) is 0. The van der Waals surface area contributed by atoms with Crippen LogP contribution in [0.4, 0.5) is 0 Å². The van der Waals surface area contributed by atoms with Crippen molar-refractivity contribution in [2.45, 2.75) is 0 Å². The second kappa shape index (κ2) is 9.44. The summed E-state index contributed by atoms with van der Waals surface area (Å²) >= 11 is 0. The normalized spacial score (nSPS) is 11.7. The van der Waals surface area contributed by atoms with E-state index in [4.69, 9.17) is 4.42 Å². The second-order valence-electron chi connectivity index (χ2n) is 11.3. The minimum atomic E-state index is 0.905. The van der Waals surface area contributed by atoms with Crippen LogP contribution in [0, 0.1) is 0 Å². The summed E-state index contributed by atoms with van der Waals surface area (Å²) in [4.78, 5) is 0. The van der Waals surface area contributed by atoms with Crippen molar-refractivity contribution in [3.63, 3.8) is 0 Å². The Hall–Kier alpha value is -5.66. The molecule has 200 valence electrons. The molecule has 0 saturated heterocycles. The molecular weight excluding hydrogens is 520 g/mol. The van der Waals surface area contributed by atoms with Crippen LogP contribution in [0.3, 0.4) is 0 Å². The monoisotopic (exact) mass is 546 g/mol. The highest BCUT2D eigenvalue weighted by molar-refractivity contribution is 6.23. The minimum Gasteiger partial charge on any atom is -0.456 e. The molecule has 0 aliphatic heterocycles. The van der Waals surface area contributed by atoms with Gasteiger partial charge in [-0.2, -0.15) is 0 Å². The summed E-state index contributed by atoms with van der Waals surface area (Å²) in [6, 6.07) is 56.8. The molecule has 8 aromatic carbocycles. The van der Waals surface area contributed by atoms with Crippen molar-refractivity contribution in [2.24, 2.45) is 0 Å². The Morgan fingerprint density at radius 1 is 0.302 bits per heavy atom. The number of furan rings is 1. The van der Waals surface area contributed by atoms with Crippen molar-refractivity contribution in [3.8, 4) is 33.4 Å². The first kappa shape index (κ1) is 24.0. The number of hydrogen-bond acceptors (Lipinski definition) is 1. The number of para-hydroxylation sites is 1. The van der Waals surface area contributed by atoms with Crippen LogP contribution >= 0.6 is 0 Å². The minimum absolute atomic E-state index is 0.905. The molecule has 0 fully saturated rings. The Morgan fingerprint density at radius 2 is 0.884 bits per heavy atom. The Kier molecular flexibility index (Phi) is 5.27. The van der Waals surface area contributed by atoms with Gasteiger partial charge in [-0.15, -0.1) is 0 Å². The van der Waals surface area contributed by atoms with Crippen LogP contribution in [0.25, 0.3) is 87.6 Å². The third kappa shape index (κ3) is 3.72. The van der Waals surface area contributed by atoms with E-state index in [9.17, 15) is 0 Å². The van der Waals surface area contributed by atoms with E-state index >= 15 is 0 Å².